The van der Waals surface area contributed by atoms with Gasteiger partial charge >= 0.3 is 27.7 Å². The van der Waals surface area contributed by atoms with Gasteiger partial charge < -0.3 is 5.11 Å². The van der Waals surface area contributed by atoms with Crippen molar-refractivity contribution in [1.29, 1.82) is 0 Å². The number of halogens is 1. The van der Waals surface area contributed by atoms with E-state index in [1.807, 2.05) is 0 Å². The SMILES string of the molecule is CC(=O)O.[Cl][Re]. The molecule has 0 aliphatic heterocycles. The molecule has 1 N–H and O–H groups in total. The van der Waals surface area contributed by atoms with Crippen LogP contribution < -0.4 is 0 Å². The fourth-order valence-corrected chi connectivity index (χ4v) is 0. The van der Waals surface area contributed by atoms with E-state index >= 15 is 0 Å². The average Bonchev–Trinajstić information content (AvgIpc) is 1.41. The van der Waals surface area contributed by atoms with Crippen LogP contribution in [-0.2, 0) is 23.0 Å². The number of carboxylic acids is 1. The Labute approximate surface area is 50.9 Å². The molecule has 38 valence electrons. The second kappa shape index (κ2) is 9.05. The van der Waals surface area contributed by atoms with Gasteiger partial charge in [-0.3, -0.25) is 4.79 Å². The summed E-state index contributed by atoms with van der Waals surface area (Å²) in [6.45, 7) is 1.08. The van der Waals surface area contributed by atoms with Crippen molar-refractivity contribution in [3.8, 4) is 0 Å². The molecule has 0 amide bonds. The van der Waals surface area contributed by atoms with Crippen LogP contribution in [0.3, 0.4) is 0 Å². The summed E-state index contributed by atoms with van der Waals surface area (Å²) in [5.74, 6) is -0.833. The molecule has 0 saturated carbocycles. The molecule has 0 aromatic rings. The van der Waals surface area contributed by atoms with E-state index in [0.29, 0.717) is 0 Å². The first-order valence-corrected chi connectivity index (χ1v) is 4.44. The van der Waals surface area contributed by atoms with Crippen molar-refractivity contribution >= 4 is 15.5 Å². The Kier molecular flexibility index (Phi) is 14.6. The molecule has 0 unspecified atom stereocenters. The third-order valence-corrected chi connectivity index (χ3v) is 0. The molecule has 4 heteroatoms. The molecule has 0 saturated heterocycles. The number of carbonyl (C=O) groups is 1. The van der Waals surface area contributed by atoms with E-state index in [2.05, 4.69) is 0 Å². The number of hydrogen-bond donors (Lipinski definition) is 1. The van der Waals surface area contributed by atoms with Gasteiger partial charge in [-0.05, 0) is 0 Å². The monoisotopic (exact) mass is 282 g/mol. The predicted octanol–water partition coefficient (Wildman–Crippen LogP) is 0.778. The normalized spacial score (nSPS) is 5.17. The molecule has 0 rings (SSSR count). The molecule has 0 atom stereocenters. The summed E-state index contributed by atoms with van der Waals surface area (Å²) < 4.78 is 0. The fourth-order valence-electron chi connectivity index (χ4n) is 0. The van der Waals surface area contributed by atoms with Gasteiger partial charge in [0.15, 0.2) is 0 Å². The Bertz CT molecular complexity index is 34.5. The van der Waals surface area contributed by atoms with Crippen molar-refractivity contribution in [3.63, 3.8) is 0 Å². The number of aliphatic carboxylic acids is 1. The van der Waals surface area contributed by atoms with Crippen LogP contribution in [0, 0.1) is 0 Å². The Hall–Kier alpha value is 0.422. The molecule has 0 aliphatic rings. The zero-order chi connectivity index (χ0) is 5.58. The van der Waals surface area contributed by atoms with E-state index in [-0.39, 0.29) is 0 Å². The van der Waals surface area contributed by atoms with Crippen LogP contribution in [-0.4, -0.2) is 11.1 Å². The summed E-state index contributed by atoms with van der Waals surface area (Å²) in [6, 6.07) is 0. The van der Waals surface area contributed by atoms with Crippen molar-refractivity contribution < 1.29 is 28.1 Å². The first-order chi connectivity index (χ1) is 2.73. The molecule has 0 aliphatic carbocycles. The Morgan fingerprint density at radius 1 is 1.83 bits per heavy atom. The molecule has 6 heavy (non-hydrogen) atoms. The van der Waals surface area contributed by atoms with Gasteiger partial charge in [0.05, 0.1) is 0 Å². The molecule has 0 aromatic heterocycles. The maximum absolute atomic E-state index is 9.00. The standard InChI is InChI=1S/C2H4O2.ClH.Re/c1-2(3)4;;/h1H3,(H,3,4);1H;/q;;+1/p-1. The van der Waals surface area contributed by atoms with Crippen LogP contribution >= 0.6 is 9.53 Å². The summed E-state index contributed by atoms with van der Waals surface area (Å²) in [4.78, 5) is 9.00. The van der Waals surface area contributed by atoms with E-state index < -0.39 is 5.97 Å². The number of hydrogen-bond acceptors (Lipinski definition) is 1. The fraction of sp³-hybridized carbons (Fsp3) is 0.500. The molecular weight excluding hydrogens is 278 g/mol. The van der Waals surface area contributed by atoms with Crippen LogP contribution in [0.2, 0.25) is 0 Å². The van der Waals surface area contributed by atoms with Crippen molar-refractivity contribution in [2.24, 2.45) is 0 Å². The van der Waals surface area contributed by atoms with Crippen molar-refractivity contribution in [2.75, 3.05) is 0 Å². The molecular formula is C2H4ClO2Re. The molecule has 0 fully saturated rings. The van der Waals surface area contributed by atoms with E-state index in [0.717, 1.165) is 6.92 Å². The molecule has 0 aromatic carbocycles. The third kappa shape index (κ3) is 290. The number of rotatable bonds is 0. The van der Waals surface area contributed by atoms with Crippen LogP contribution in [0.4, 0.5) is 0 Å². The summed E-state index contributed by atoms with van der Waals surface area (Å²) in [7, 11) is 4.69. The summed E-state index contributed by atoms with van der Waals surface area (Å²) in [6.07, 6.45) is 0. The molecule has 0 radical (unpaired) electrons. The topological polar surface area (TPSA) is 37.3 Å². The van der Waals surface area contributed by atoms with Gasteiger partial charge in [-0.25, -0.2) is 0 Å². The van der Waals surface area contributed by atoms with Gasteiger partial charge in [0.25, 0.3) is 5.97 Å². The Morgan fingerprint density at radius 3 is 1.83 bits per heavy atom. The van der Waals surface area contributed by atoms with Crippen LogP contribution in [0.5, 0.6) is 0 Å². The Morgan fingerprint density at radius 2 is 1.83 bits per heavy atom. The zero-order valence-electron chi connectivity index (χ0n) is 3.11. The van der Waals surface area contributed by atoms with Crippen LogP contribution in [0.25, 0.3) is 0 Å². The van der Waals surface area contributed by atoms with Gasteiger partial charge in [0.1, 0.15) is 0 Å². The molecule has 0 heterocycles. The number of carboxylic acid groups (broad SMARTS) is 1. The summed E-state index contributed by atoms with van der Waals surface area (Å²) >= 11 is 1.19. The van der Waals surface area contributed by atoms with Crippen LogP contribution in [0.15, 0.2) is 0 Å². The zero-order valence-corrected chi connectivity index (χ0v) is 6.58. The third-order valence-electron chi connectivity index (χ3n) is 0. The van der Waals surface area contributed by atoms with Gasteiger partial charge in [-0.2, -0.15) is 0 Å². The first kappa shape index (κ1) is 9.66. The van der Waals surface area contributed by atoms with Gasteiger partial charge in [0, 0.05) is 6.92 Å². The predicted molar refractivity (Wildman–Crippen MR) is 19.2 cm³/mol. The van der Waals surface area contributed by atoms with Crippen molar-refractivity contribution in [1.82, 2.24) is 0 Å². The first-order valence-electron chi connectivity index (χ1n) is 1.07. The van der Waals surface area contributed by atoms with E-state index in [1.165, 1.54) is 18.2 Å². The minimum atomic E-state index is -0.833. The van der Waals surface area contributed by atoms with E-state index in [1.54, 1.807) is 0 Å². The van der Waals surface area contributed by atoms with E-state index in [4.69, 9.17) is 19.4 Å². The molecule has 2 nitrogen and oxygen atoms in total. The van der Waals surface area contributed by atoms with Crippen molar-refractivity contribution in [3.05, 3.63) is 0 Å². The quantitative estimate of drug-likeness (QED) is 0.712. The molecule has 0 spiro atoms. The second-order valence-corrected chi connectivity index (χ2v) is 0.519. The van der Waals surface area contributed by atoms with Gasteiger partial charge in [0.2, 0.25) is 0 Å². The summed E-state index contributed by atoms with van der Waals surface area (Å²) in [5, 5.41) is 7.42. The maximum atomic E-state index is 9.00. The van der Waals surface area contributed by atoms with Crippen LogP contribution in [0.1, 0.15) is 6.92 Å². The summed E-state index contributed by atoms with van der Waals surface area (Å²) in [5.41, 5.74) is 0. The van der Waals surface area contributed by atoms with E-state index in [9.17, 15) is 0 Å². The van der Waals surface area contributed by atoms with Gasteiger partial charge in [-0.1, -0.05) is 0 Å². The van der Waals surface area contributed by atoms with Gasteiger partial charge in [-0.15, -0.1) is 0 Å². The second-order valence-electron chi connectivity index (χ2n) is 0.519. The average molecular weight is 282 g/mol. The Balaban J connectivity index is 0. The molecule has 0 bridgehead atoms. The van der Waals surface area contributed by atoms with Crippen molar-refractivity contribution in [2.45, 2.75) is 6.92 Å². The minimum absolute atomic E-state index is 0.833.